The first-order valence-electron chi connectivity index (χ1n) is 14.7. The van der Waals surface area contributed by atoms with Crippen molar-refractivity contribution in [3.63, 3.8) is 0 Å². The van der Waals surface area contributed by atoms with Crippen molar-refractivity contribution in [2.45, 2.75) is 44.6 Å². The monoisotopic (exact) mass is 561 g/mol. The van der Waals surface area contributed by atoms with E-state index in [1.165, 1.54) is 17.4 Å². The lowest BCUT2D eigenvalue weighted by molar-refractivity contribution is 0.0242. The zero-order valence-electron chi connectivity index (χ0n) is 24.0. The maximum absolute atomic E-state index is 14.5. The van der Waals surface area contributed by atoms with Crippen LogP contribution in [0.2, 0.25) is 0 Å². The van der Waals surface area contributed by atoms with E-state index in [4.69, 9.17) is 5.73 Å². The van der Waals surface area contributed by atoms with Gasteiger partial charge in [-0.2, -0.15) is 0 Å². The second kappa shape index (κ2) is 10.1. The molecule has 4 heterocycles. The molecule has 2 aromatic carbocycles. The molecule has 2 fully saturated rings. The molecule has 1 amide bonds. The highest BCUT2D eigenvalue weighted by molar-refractivity contribution is 6.04. The van der Waals surface area contributed by atoms with Gasteiger partial charge in [-0.05, 0) is 99.3 Å². The number of para-hydroxylation sites is 1. The number of pyridine rings is 1. The van der Waals surface area contributed by atoms with E-state index in [1.807, 2.05) is 49.4 Å². The van der Waals surface area contributed by atoms with Crippen molar-refractivity contribution < 1.29 is 4.79 Å². The SMILES string of the molecule is CC(NC(=O)c1c(N)nn2cccnc12)c1cc2cccc(C3CC4(CCN(C)CC4)C3)c2c(=O)n1-c1ccccc1. The Morgan fingerprint density at radius 2 is 1.83 bits per heavy atom. The quantitative estimate of drug-likeness (QED) is 0.322. The summed E-state index contributed by atoms with van der Waals surface area (Å²) < 4.78 is 3.24. The Bertz CT molecular complexity index is 1860. The Kier molecular flexibility index (Phi) is 6.35. The number of aromatic nitrogens is 4. The molecule has 2 aliphatic rings. The van der Waals surface area contributed by atoms with Crippen LogP contribution in [0.5, 0.6) is 0 Å². The number of benzene rings is 2. The number of hydrogen-bond donors (Lipinski definition) is 2. The summed E-state index contributed by atoms with van der Waals surface area (Å²) in [6, 6.07) is 19.1. The summed E-state index contributed by atoms with van der Waals surface area (Å²) in [5.74, 6) is 0.0838. The number of nitrogen functional groups attached to an aromatic ring is 1. The summed E-state index contributed by atoms with van der Waals surface area (Å²) in [6.07, 6.45) is 8.02. The molecule has 1 saturated carbocycles. The Morgan fingerprint density at radius 1 is 1.07 bits per heavy atom. The van der Waals surface area contributed by atoms with Crippen LogP contribution in [0.15, 0.2) is 77.9 Å². The highest BCUT2D eigenvalue weighted by Crippen LogP contribution is 2.57. The maximum atomic E-state index is 14.5. The molecule has 7 rings (SSSR count). The molecule has 1 aliphatic heterocycles. The fraction of sp³-hybridized carbons (Fsp3) is 0.333. The number of anilines is 1. The van der Waals surface area contributed by atoms with E-state index in [2.05, 4.69) is 39.5 Å². The van der Waals surface area contributed by atoms with Crippen LogP contribution in [-0.4, -0.2) is 50.1 Å². The molecule has 3 aromatic heterocycles. The van der Waals surface area contributed by atoms with Crippen LogP contribution < -0.4 is 16.6 Å². The van der Waals surface area contributed by atoms with Crippen molar-refractivity contribution >= 4 is 28.1 Å². The third kappa shape index (κ3) is 4.36. The van der Waals surface area contributed by atoms with Gasteiger partial charge in [0, 0.05) is 23.8 Å². The summed E-state index contributed by atoms with van der Waals surface area (Å²) in [6.45, 7) is 4.17. The Morgan fingerprint density at radius 3 is 2.60 bits per heavy atom. The first-order chi connectivity index (χ1) is 20.3. The molecule has 42 heavy (non-hydrogen) atoms. The summed E-state index contributed by atoms with van der Waals surface area (Å²) in [4.78, 5) is 34.7. The molecule has 0 radical (unpaired) electrons. The van der Waals surface area contributed by atoms with Gasteiger partial charge in [-0.3, -0.25) is 14.2 Å². The van der Waals surface area contributed by atoms with Gasteiger partial charge in [0.2, 0.25) is 0 Å². The summed E-state index contributed by atoms with van der Waals surface area (Å²) in [5.41, 5.74) is 9.64. The normalized spacial score (nSPS) is 17.9. The Labute approximate surface area is 244 Å². The lowest BCUT2D eigenvalue weighted by Crippen LogP contribution is -2.45. The summed E-state index contributed by atoms with van der Waals surface area (Å²) in [5, 5.41) is 8.94. The number of carbonyl (C=O) groups is 1. The van der Waals surface area contributed by atoms with Crippen LogP contribution in [0, 0.1) is 5.41 Å². The molecule has 5 aromatic rings. The van der Waals surface area contributed by atoms with Gasteiger partial charge in [0.1, 0.15) is 5.56 Å². The van der Waals surface area contributed by atoms with Gasteiger partial charge in [0.15, 0.2) is 11.5 Å². The molecule has 1 spiro atoms. The van der Waals surface area contributed by atoms with Gasteiger partial charge < -0.3 is 16.0 Å². The van der Waals surface area contributed by atoms with Crippen molar-refractivity contribution in [1.82, 2.24) is 29.4 Å². The standard InChI is InChI=1S/C33H35N7O2/c1-21(36-31(41)28-29(34)37-39-15-7-14-35-30(28)39)26-18-22-8-6-11-25(23-19-33(20-23)12-16-38(2)17-13-33)27(22)32(42)40(26)24-9-4-3-5-10-24/h3-11,14-15,18,21,23H,12-13,16-17,19-20H2,1-2H3,(H2,34,37)(H,36,41). The first kappa shape index (κ1) is 26.4. The van der Waals surface area contributed by atoms with Crippen molar-refractivity contribution in [3.05, 3.63) is 100 Å². The Balaban J connectivity index is 1.28. The van der Waals surface area contributed by atoms with Crippen LogP contribution in [-0.2, 0) is 0 Å². The van der Waals surface area contributed by atoms with Gasteiger partial charge in [0.05, 0.1) is 11.4 Å². The number of piperidine rings is 1. The third-order valence-electron chi connectivity index (χ3n) is 9.41. The van der Waals surface area contributed by atoms with Crippen LogP contribution in [0.1, 0.15) is 66.2 Å². The van der Waals surface area contributed by atoms with Crippen LogP contribution in [0.3, 0.4) is 0 Å². The minimum absolute atomic E-state index is 0.0631. The number of nitrogens with one attached hydrogen (secondary N) is 1. The van der Waals surface area contributed by atoms with Gasteiger partial charge in [-0.25, -0.2) is 9.50 Å². The van der Waals surface area contributed by atoms with Crippen molar-refractivity contribution in [1.29, 1.82) is 0 Å². The topological polar surface area (TPSA) is 111 Å². The minimum Gasteiger partial charge on any atom is -0.381 e. The van der Waals surface area contributed by atoms with E-state index in [0.29, 0.717) is 22.7 Å². The van der Waals surface area contributed by atoms with E-state index < -0.39 is 11.9 Å². The molecular formula is C33H35N7O2. The molecule has 9 nitrogen and oxygen atoms in total. The second-order valence-corrected chi connectivity index (χ2v) is 12.1. The lowest BCUT2D eigenvalue weighted by Gasteiger charge is -2.52. The van der Waals surface area contributed by atoms with Crippen molar-refractivity contribution in [2.24, 2.45) is 5.41 Å². The predicted octanol–water partition coefficient (Wildman–Crippen LogP) is 4.70. The zero-order valence-corrected chi connectivity index (χ0v) is 24.0. The van der Waals surface area contributed by atoms with E-state index in [1.54, 1.807) is 23.0 Å². The van der Waals surface area contributed by atoms with Crippen molar-refractivity contribution in [3.8, 4) is 5.69 Å². The fourth-order valence-electron chi connectivity index (χ4n) is 7.08. The second-order valence-electron chi connectivity index (χ2n) is 12.1. The largest absolute Gasteiger partial charge is 0.381 e. The number of hydrogen-bond acceptors (Lipinski definition) is 6. The van der Waals surface area contributed by atoms with E-state index in [-0.39, 0.29) is 16.9 Å². The number of nitrogens with zero attached hydrogens (tertiary/aromatic N) is 5. The summed E-state index contributed by atoms with van der Waals surface area (Å²) >= 11 is 0. The number of fused-ring (bicyclic) bond motifs is 2. The average Bonchev–Trinajstić information content (AvgIpc) is 3.32. The first-order valence-corrected chi connectivity index (χ1v) is 14.7. The Hall–Kier alpha value is -4.50. The van der Waals surface area contributed by atoms with Gasteiger partial charge >= 0.3 is 0 Å². The molecule has 1 saturated heterocycles. The van der Waals surface area contributed by atoms with E-state index in [9.17, 15) is 9.59 Å². The molecule has 0 bridgehead atoms. The van der Waals surface area contributed by atoms with Crippen LogP contribution in [0.25, 0.3) is 22.1 Å². The third-order valence-corrected chi connectivity index (χ3v) is 9.41. The van der Waals surface area contributed by atoms with E-state index in [0.717, 1.165) is 48.0 Å². The molecular weight excluding hydrogens is 526 g/mol. The highest BCUT2D eigenvalue weighted by Gasteiger charge is 2.46. The molecule has 3 N–H and O–H groups in total. The van der Waals surface area contributed by atoms with E-state index >= 15 is 0 Å². The van der Waals surface area contributed by atoms with Crippen LogP contribution in [0.4, 0.5) is 5.82 Å². The van der Waals surface area contributed by atoms with Gasteiger partial charge in [0.25, 0.3) is 11.5 Å². The number of rotatable bonds is 5. The van der Waals surface area contributed by atoms with Gasteiger partial charge in [-0.1, -0.05) is 36.4 Å². The van der Waals surface area contributed by atoms with Crippen molar-refractivity contribution in [2.75, 3.05) is 25.9 Å². The molecule has 214 valence electrons. The molecule has 1 unspecified atom stereocenters. The fourth-order valence-corrected chi connectivity index (χ4v) is 7.08. The summed E-state index contributed by atoms with van der Waals surface area (Å²) in [7, 11) is 2.20. The predicted molar refractivity (Wildman–Crippen MR) is 164 cm³/mol. The number of amides is 1. The number of nitrogens with two attached hydrogens (primary N) is 1. The van der Waals surface area contributed by atoms with Gasteiger partial charge in [-0.15, -0.1) is 5.10 Å². The smallest absolute Gasteiger partial charge is 0.263 e. The molecule has 9 heteroatoms. The number of likely N-dealkylation sites (tertiary alicyclic amines) is 1. The van der Waals surface area contributed by atoms with Crippen LogP contribution >= 0.6 is 0 Å². The lowest BCUT2D eigenvalue weighted by atomic mass is 9.56. The maximum Gasteiger partial charge on any atom is 0.263 e. The minimum atomic E-state index is -0.511. The molecule has 1 atom stereocenters. The zero-order chi connectivity index (χ0) is 29.0. The highest BCUT2D eigenvalue weighted by atomic mass is 16.2. The number of carbonyl (C=O) groups excluding carboxylic acids is 1. The average molecular weight is 562 g/mol. The molecule has 1 aliphatic carbocycles.